The minimum Gasteiger partial charge on any atom is -0.355 e. The summed E-state index contributed by atoms with van der Waals surface area (Å²) < 4.78 is 55.1. The number of hydrogen-bond acceptors (Lipinski definition) is 7. The third-order valence-electron chi connectivity index (χ3n) is 6.98. The van der Waals surface area contributed by atoms with Gasteiger partial charge in [-0.25, -0.2) is 8.70 Å². The predicted molar refractivity (Wildman–Crippen MR) is 146 cm³/mol. The first-order valence-corrected chi connectivity index (χ1v) is 13.3. The standard InChI is InChI=1S/C29H25F4N5OS/c1-18-6-9-35-25(12-18)27(39)28-15-19(16-34)24(37-22-4-2-21(30)3-5-22)13-20(28)8-11-38(17-28)40-23-7-10-36-26(14-23)29(31,32)33/h2-7,9-10,12-14,16,34,37H,8,11,15,17H2,1H3. The van der Waals surface area contributed by atoms with Crippen molar-refractivity contribution in [3.05, 3.63) is 107 Å². The van der Waals surface area contributed by atoms with Crippen LogP contribution < -0.4 is 5.32 Å². The van der Waals surface area contributed by atoms with Gasteiger partial charge in [0.05, 0.1) is 5.41 Å². The highest BCUT2D eigenvalue weighted by molar-refractivity contribution is 7.97. The van der Waals surface area contributed by atoms with Crippen molar-refractivity contribution in [1.82, 2.24) is 14.3 Å². The van der Waals surface area contributed by atoms with E-state index in [0.717, 1.165) is 35.3 Å². The lowest BCUT2D eigenvalue weighted by atomic mass is 9.65. The highest BCUT2D eigenvalue weighted by atomic mass is 32.2. The summed E-state index contributed by atoms with van der Waals surface area (Å²) in [5, 5.41) is 11.4. The molecule has 1 aliphatic carbocycles. The highest BCUT2D eigenvalue weighted by Gasteiger charge is 2.49. The van der Waals surface area contributed by atoms with Crippen molar-refractivity contribution in [2.75, 3.05) is 18.4 Å². The topological polar surface area (TPSA) is 82.0 Å². The first-order valence-electron chi connectivity index (χ1n) is 12.5. The van der Waals surface area contributed by atoms with E-state index in [1.54, 1.807) is 30.5 Å². The molecular weight excluding hydrogens is 542 g/mol. The number of carbonyl (C=O) groups excluding carboxylic acids is 1. The summed E-state index contributed by atoms with van der Waals surface area (Å²) in [7, 11) is 0. The summed E-state index contributed by atoms with van der Waals surface area (Å²) in [6.45, 7) is 2.56. The van der Waals surface area contributed by atoms with E-state index in [-0.39, 0.29) is 24.6 Å². The molecule has 0 saturated carbocycles. The highest BCUT2D eigenvalue weighted by Crippen LogP contribution is 2.48. The van der Waals surface area contributed by atoms with Crippen LogP contribution in [-0.2, 0) is 6.18 Å². The average molecular weight is 568 g/mol. The molecule has 2 aliphatic rings. The van der Waals surface area contributed by atoms with Crippen molar-refractivity contribution >= 4 is 29.6 Å². The van der Waals surface area contributed by atoms with E-state index in [4.69, 9.17) is 5.41 Å². The Balaban J connectivity index is 1.50. The third-order valence-corrected chi connectivity index (χ3v) is 8.02. The van der Waals surface area contributed by atoms with Gasteiger partial charge in [0.1, 0.15) is 17.2 Å². The fourth-order valence-electron chi connectivity index (χ4n) is 5.02. The number of fused-ring (bicyclic) bond motifs is 1. The van der Waals surface area contributed by atoms with Crippen LogP contribution in [0.5, 0.6) is 0 Å². The number of aryl methyl sites for hydroxylation is 1. The van der Waals surface area contributed by atoms with Gasteiger partial charge in [-0.2, -0.15) is 13.2 Å². The lowest BCUT2D eigenvalue weighted by Gasteiger charge is -2.45. The summed E-state index contributed by atoms with van der Waals surface area (Å²) >= 11 is 1.15. The van der Waals surface area contributed by atoms with Gasteiger partial charge in [-0.3, -0.25) is 14.8 Å². The minimum absolute atomic E-state index is 0.196. The molecule has 206 valence electrons. The van der Waals surface area contributed by atoms with Crippen LogP contribution in [0.3, 0.4) is 0 Å². The minimum atomic E-state index is -4.57. The van der Waals surface area contributed by atoms with E-state index in [0.29, 0.717) is 40.5 Å². The second-order valence-electron chi connectivity index (χ2n) is 9.77. The van der Waals surface area contributed by atoms with Crippen LogP contribution in [0.15, 0.2) is 88.7 Å². The van der Waals surface area contributed by atoms with Gasteiger partial charge < -0.3 is 10.7 Å². The lowest BCUT2D eigenvalue weighted by molar-refractivity contribution is -0.141. The molecule has 0 radical (unpaired) electrons. The fourth-order valence-corrected chi connectivity index (χ4v) is 6.07. The first-order chi connectivity index (χ1) is 19.1. The van der Waals surface area contributed by atoms with Crippen molar-refractivity contribution in [2.24, 2.45) is 5.41 Å². The van der Waals surface area contributed by atoms with Crippen molar-refractivity contribution in [2.45, 2.75) is 30.8 Å². The van der Waals surface area contributed by atoms with Gasteiger partial charge in [0.2, 0.25) is 0 Å². The number of halogens is 4. The SMILES string of the molecule is Cc1ccnc(C(=O)C23CC(C=N)=C(Nc4ccc(F)cc4)C=C2CCN(Sc2ccnc(C(F)(F)F)c2)C3)c1. The number of piperidine rings is 1. The number of aromatic nitrogens is 2. The normalized spacial score (nSPS) is 19.6. The van der Waals surface area contributed by atoms with Crippen molar-refractivity contribution in [1.29, 1.82) is 5.41 Å². The molecule has 6 nitrogen and oxygen atoms in total. The van der Waals surface area contributed by atoms with E-state index in [1.165, 1.54) is 24.4 Å². The molecule has 1 saturated heterocycles. The first kappa shape index (κ1) is 27.7. The van der Waals surface area contributed by atoms with E-state index < -0.39 is 17.3 Å². The smallest absolute Gasteiger partial charge is 0.355 e. The third kappa shape index (κ3) is 5.71. The van der Waals surface area contributed by atoms with Crippen LogP contribution in [-0.4, -0.2) is 39.4 Å². The largest absolute Gasteiger partial charge is 0.433 e. The molecule has 5 rings (SSSR count). The number of hydrogen-bond donors (Lipinski definition) is 2. The molecule has 3 heterocycles. The molecule has 2 N–H and O–H groups in total. The quantitative estimate of drug-likeness (QED) is 0.140. The van der Waals surface area contributed by atoms with Gasteiger partial charge in [0.15, 0.2) is 5.78 Å². The van der Waals surface area contributed by atoms with Gasteiger partial charge >= 0.3 is 6.18 Å². The molecule has 0 bridgehead atoms. The molecule has 0 spiro atoms. The van der Waals surface area contributed by atoms with E-state index in [2.05, 4.69) is 15.3 Å². The zero-order valence-electron chi connectivity index (χ0n) is 21.4. The molecule has 2 aromatic heterocycles. The Morgan fingerprint density at radius 2 is 1.88 bits per heavy atom. The molecule has 1 aromatic carbocycles. The molecular formula is C29H25F4N5OS. The maximum atomic E-state index is 14.2. The number of ketones is 1. The average Bonchev–Trinajstić information content (AvgIpc) is 2.93. The number of rotatable bonds is 7. The van der Waals surface area contributed by atoms with Crippen molar-refractivity contribution < 1.29 is 22.4 Å². The van der Waals surface area contributed by atoms with Gasteiger partial charge in [-0.05, 0) is 97.5 Å². The number of Topliss-reactive ketones (excluding diaryl/α,β-unsaturated/α-hetero) is 1. The Bertz CT molecular complexity index is 1520. The molecule has 1 atom stereocenters. The van der Waals surface area contributed by atoms with E-state index in [1.807, 2.05) is 17.3 Å². The van der Waals surface area contributed by atoms with Crippen LogP contribution >= 0.6 is 11.9 Å². The van der Waals surface area contributed by atoms with Crippen LogP contribution in [0.2, 0.25) is 0 Å². The summed E-state index contributed by atoms with van der Waals surface area (Å²) in [5.74, 6) is -0.580. The Kier molecular flexibility index (Phi) is 7.61. The summed E-state index contributed by atoms with van der Waals surface area (Å²) in [6.07, 6.45) is 1.87. The van der Waals surface area contributed by atoms with E-state index in [9.17, 15) is 22.4 Å². The van der Waals surface area contributed by atoms with Crippen LogP contribution in [0, 0.1) is 23.6 Å². The number of benzene rings is 1. The zero-order valence-corrected chi connectivity index (χ0v) is 22.2. The number of pyridine rings is 2. The molecule has 1 aliphatic heterocycles. The molecule has 0 amide bonds. The maximum Gasteiger partial charge on any atom is 0.433 e. The summed E-state index contributed by atoms with van der Waals surface area (Å²) in [4.78, 5) is 22.3. The lowest BCUT2D eigenvalue weighted by Crippen LogP contribution is -2.49. The van der Waals surface area contributed by atoms with Gasteiger partial charge in [-0.1, -0.05) is 5.57 Å². The Morgan fingerprint density at radius 3 is 2.58 bits per heavy atom. The Labute approximate surface area is 232 Å². The number of nitrogens with one attached hydrogen (secondary N) is 2. The van der Waals surface area contributed by atoms with Crippen molar-refractivity contribution in [3.8, 4) is 0 Å². The Hall–Kier alpha value is -3.83. The fraction of sp³-hybridized carbons (Fsp3) is 0.241. The summed E-state index contributed by atoms with van der Waals surface area (Å²) in [6, 6.07) is 11.9. The predicted octanol–water partition coefficient (Wildman–Crippen LogP) is 6.87. The van der Waals surface area contributed by atoms with Gasteiger partial charge in [-0.15, -0.1) is 0 Å². The zero-order chi connectivity index (χ0) is 28.5. The van der Waals surface area contributed by atoms with Crippen LogP contribution in [0.4, 0.5) is 23.2 Å². The number of carbonyl (C=O) groups is 1. The maximum absolute atomic E-state index is 14.2. The van der Waals surface area contributed by atoms with Crippen LogP contribution in [0.25, 0.3) is 0 Å². The van der Waals surface area contributed by atoms with Crippen LogP contribution in [0.1, 0.15) is 34.6 Å². The van der Waals surface area contributed by atoms with Gasteiger partial charge in [0, 0.05) is 48.0 Å². The monoisotopic (exact) mass is 567 g/mol. The number of nitrogens with zero attached hydrogens (tertiary/aromatic N) is 3. The van der Waals surface area contributed by atoms with Gasteiger partial charge in [0.25, 0.3) is 0 Å². The number of allylic oxidation sites excluding steroid dienone is 2. The molecule has 40 heavy (non-hydrogen) atoms. The Morgan fingerprint density at radius 1 is 1.12 bits per heavy atom. The number of anilines is 1. The molecule has 1 unspecified atom stereocenters. The van der Waals surface area contributed by atoms with Crippen molar-refractivity contribution in [3.63, 3.8) is 0 Å². The second-order valence-corrected chi connectivity index (χ2v) is 10.9. The number of alkyl halides is 3. The molecule has 11 heteroatoms. The van der Waals surface area contributed by atoms with E-state index >= 15 is 0 Å². The summed E-state index contributed by atoms with van der Waals surface area (Å²) in [5.41, 5.74) is 1.81. The second kappa shape index (κ2) is 11.0. The molecule has 3 aromatic rings. The molecule has 1 fully saturated rings.